The second-order valence-electron chi connectivity index (χ2n) is 2.21. The van der Waals surface area contributed by atoms with Gasteiger partial charge < -0.3 is 10.2 Å². The van der Waals surface area contributed by atoms with Crippen molar-refractivity contribution in [2.75, 3.05) is 13.2 Å². The third kappa shape index (κ3) is 7.67. The quantitative estimate of drug-likeness (QED) is 0.662. The Labute approximate surface area is 75.5 Å². The predicted molar refractivity (Wildman–Crippen MR) is 54.6 cm³/mol. The molecule has 1 aromatic carbocycles. The molecule has 1 aromatic rings. The molecule has 0 amide bonds. The Morgan fingerprint density at radius 2 is 1.50 bits per heavy atom. The molecule has 0 heterocycles. The average Bonchev–Trinajstić information content (AvgIpc) is 2.08. The van der Waals surface area contributed by atoms with E-state index in [9.17, 15) is 0 Å². The van der Waals surface area contributed by atoms with Gasteiger partial charge in [0.05, 0.1) is 0 Å². The van der Waals surface area contributed by atoms with Gasteiger partial charge in [0.15, 0.2) is 0 Å². The van der Waals surface area contributed by atoms with Crippen LogP contribution in [0.15, 0.2) is 30.3 Å². The van der Waals surface area contributed by atoms with Crippen LogP contribution in [0.5, 0.6) is 0 Å². The Balaban J connectivity index is 0.000000217. The van der Waals surface area contributed by atoms with Gasteiger partial charge in [0.1, 0.15) is 0 Å². The maximum Gasteiger partial charge on any atom is 0.0452 e. The first kappa shape index (κ1) is 11.6. The zero-order chi connectivity index (χ0) is 9.23. The second-order valence-corrected chi connectivity index (χ2v) is 2.88. The Bertz CT molecular complexity index is 175. The summed E-state index contributed by atoms with van der Waals surface area (Å²) in [7, 11) is 2.63. The summed E-state index contributed by atoms with van der Waals surface area (Å²) in [5.74, 6) is 0. The Morgan fingerprint density at radius 3 is 1.67 bits per heavy atom. The normalized spacial score (nSPS) is 8.58. The van der Waals surface area contributed by atoms with Crippen molar-refractivity contribution in [1.29, 1.82) is 0 Å². The number of aliphatic hydroxyl groups is 2. The SMILES string of the molecule is OCCCO.Pc1ccccc1. The van der Waals surface area contributed by atoms with E-state index in [0.717, 1.165) is 0 Å². The summed E-state index contributed by atoms with van der Waals surface area (Å²) < 4.78 is 0. The van der Waals surface area contributed by atoms with Crippen molar-refractivity contribution in [1.82, 2.24) is 0 Å². The smallest absolute Gasteiger partial charge is 0.0452 e. The van der Waals surface area contributed by atoms with Gasteiger partial charge in [-0.05, 0) is 11.7 Å². The third-order valence-electron chi connectivity index (χ3n) is 1.12. The zero-order valence-corrected chi connectivity index (χ0v) is 8.13. The van der Waals surface area contributed by atoms with Crippen molar-refractivity contribution in [3.63, 3.8) is 0 Å². The van der Waals surface area contributed by atoms with E-state index in [1.165, 1.54) is 5.30 Å². The number of rotatable bonds is 2. The van der Waals surface area contributed by atoms with E-state index in [0.29, 0.717) is 6.42 Å². The lowest BCUT2D eigenvalue weighted by Gasteiger charge is -1.82. The van der Waals surface area contributed by atoms with Gasteiger partial charge in [-0.3, -0.25) is 0 Å². The molecule has 2 nitrogen and oxygen atoms in total. The number of hydrogen-bond acceptors (Lipinski definition) is 2. The van der Waals surface area contributed by atoms with E-state index in [1.807, 2.05) is 30.3 Å². The van der Waals surface area contributed by atoms with Crippen LogP contribution >= 0.6 is 9.24 Å². The van der Waals surface area contributed by atoms with Gasteiger partial charge in [-0.2, -0.15) is 0 Å². The highest BCUT2D eigenvalue weighted by Crippen LogP contribution is 1.86. The molecule has 0 aliphatic rings. The van der Waals surface area contributed by atoms with Crippen molar-refractivity contribution in [3.8, 4) is 0 Å². The van der Waals surface area contributed by atoms with Crippen LogP contribution in [0.25, 0.3) is 0 Å². The molecule has 0 saturated carbocycles. The third-order valence-corrected chi connectivity index (χ3v) is 1.50. The number of hydrogen-bond donors (Lipinski definition) is 2. The van der Waals surface area contributed by atoms with Gasteiger partial charge in [-0.25, -0.2) is 0 Å². The lowest BCUT2D eigenvalue weighted by Crippen LogP contribution is -1.85. The molecule has 1 atom stereocenters. The Kier molecular flexibility index (Phi) is 8.35. The van der Waals surface area contributed by atoms with Gasteiger partial charge in [0.25, 0.3) is 0 Å². The topological polar surface area (TPSA) is 40.5 Å². The minimum atomic E-state index is 0.0938. The highest BCUT2D eigenvalue weighted by atomic mass is 31.0. The largest absolute Gasteiger partial charge is 0.396 e. The molecule has 0 aliphatic heterocycles. The van der Waals surface area contributed by atoms with Crippen LogP contribution < -0.4 is 5.30 Å². The molecule has 1 unspecified atom stereocenters. The van der Waals surface area contributed by atoms with Gasteiger partial charge in [0.2, 0.25) is 0 Å². The molecular formula is C9H15O2P. The summed E-state index contributed by atoms with van der Waals surface area (Å²) in [4.78, 5) is 0. The summed E-state index contributed by atoms with van der Waals surface area (Å²) in [5, 5.41) is 17.1. The molecule has 0 aromatic heterocycles. The van der Waals surface area contributed by atoms with Crippen LogP contribution in [0.2, 0.25) is 0 Å². The van der Waals surface area contributed by atoms with Gasteiger partial charge in [-0.1, -0.05) is 30.3 Å². The fourth-order valence-electron chi connectivity index (χ4n) is 0.524. The van der Waals surface area contributed by atoms with Crippen molar-refractivity contribution in [3.05, 3.63) is 30.3 Å². The molecule has 0 saturated heterocycles. The minimum absolute atomic E-state index is 0.0938. The second kappa shape index (κ2) is 8.66. The lowest BCUT2D eigenvalue weighted by molar-refractivity contribution is 0.221. The van der Waals surface area contributed by atoms with Crippen LogP contribution in [0.1, 0.15) is 6.42 Å². The molecule has 0 radical (unpaired) electrons. The molecule has 0 fully saturated rings. The molecule has 0 aliphatic carbocycles. The monoisotopic (exact) mass is 186 g/mol. The van der Waals surface area contributed by atoms with E-state index >= 15 is 0 Å². The highest BCUT2D eigenvalue weighted by molar-refractivity contribution is 7.27. The van der Waals surface area contributed by atoms with Crippen molar-refractivity contribution < 1.29 is 10.2 Å². The molecular weight excluding hydrogens is 171 g/mol. The molecule has 0 spiro atoms. The fourth-order valence-corrected chi connectivity index (χ4v) is 0.746. The predicted octanol–water partition coefficient (Wildman–Crippen LogP) is 0.548. The molecule has 0 bridgehead atoms. The van der Waals surface area contributed by atoms with E-state index < -0.39 is 0 Å². The average molecular weight is 186 g/mol. The lowest BCUT2D eigenvalue weighted by atomic mass is 10.4. The van der Waals surface area contributed by atoms with Crippen LogP contribution in [-0.4, -0.2) is 23.4 Å². The molecule has 68 valence electrons. The van der Waals surface area contributed by atoms with Crippen LogP contribution in [-0.2, 0) is 0 Å². The van der Waals surface area contributed by atoms with E-state index in [2.05, 4.69) is 9.24 Å². The molecule has 12 heavy (non-hydrogen) atoms. The van der Waals surface area contributed by atoms with Crippen LogP contribution in [0.3, 0.4) is 0 Å². The van der Waals surface area contributed by atoms with E-state index in [-0.39, 0.29) is 13.2 Å². The Morgan fingerprint density at radius 1 is 1.00 bits per heavy atom. The summed E-state index contributed by atoms with van der Waals surface area (Å²) >= 11 is 0. The first-order chi connectivity index (χ1) is 5.81. The molecule has 2 N–H and O–H groups in total. The van der Waals surface area contributed by atoms with E-state index in [1.54, 1.807) is 0 Å². The summed E-state index contributed by atoms with van der Waals surface area (Å²) in [6, 6.07) is 10.1. The first-order valence-electron chi connectivity index (χ1n) is 3.83. The van der Waals surface area contributed by atoms with Gasteiger partial charge >= 0.3 is 0 Å². The number of aliphatic hydroxyl groups excluding tert-OH is 2. The highest BCUT2D eigenvalue weighted by Gasteiger charge is 1.72. The van der Waals surface area contributed by atoms with Crippen LogP contribution in [0, 0.1) is 0 Å². The maximum atomic E-state index is 7.91. The summed E-state index contributed by atoms with van der Waals surface area (Å²) in [6.45, 7) is 0.188. The van der Waals surface area contributed by atoms with Crippen molar-refractivity contribution in [2.45, 2.75) is 6.42 Å². The summed E-state index contributed by atoms with van der Waals surface area (Å²) in [5.41, 5.74) is 0. The minimum Gasteiger partial charge on any atom is -0.396 e. The fraction of sp³-hybridized carbons (Fsp3) is 0.333. The first-order valence-corrected chi connectivity index (χ1v) is 4.41. The standard InChI is InChI=1S/C6H7P.C3H8O2/c7-6-4-2-1-3-5-6;4-2-1-3-5/h1-5H,7H2;4-5H,1-3H2. The zero-order valence-electron chi connectivity index (χ0n) is 6.98. The molecule has 1 rings (SSSR count). The number of benzene rings is 1. The van der Waals surface area contributed by atoms with Gasteiger partial charge in [-0.15, -0.1) is 9.24 Å². The van der Waals surface area contributed by atoms with Crippen molar-refractivity contribution in [2.24, 2.45) is 0 Å². The van der Waals surface area contributed by atoms with Gasteiger partial charge in [0, 0.05) is 13.2 Å². The Hall–Kier alpha value is -0.430. The molecule has 3 heteroatoms. The van der Waals surface area contributed by atoms with Crippen molar-refractivity contribution >= 4 is 14.5 Å². The van der Waals surface area contributed by atoms with E-state index in [4.69, 9.17) is 10.2 Å². The maximum absolute atomic E-state index is 7.91. The summed E-state index contributed by atoms with van der Waals surface area (Å²) in [6.07, 6.45) is 0.500. The van der Waals surface area contributed by atoms with Crippen LogP contribution in [0.4, 0.5) is 0 Å².